The summed E-state index contributed by atoms with van der Waals surface area (Å²) >= 11 is 0. The van der Waals surface area contributed by atoms with Crippen LogP contribution in [0.5, 0.6) is 23.0 Å². The van der Waals surface area contributed by atoms with Gasteiger partial charge in [-0.05, 0) is 35.9 Å². The standard InChI is InChI=1S/C18H21NO5/c1-21-13-6-8-15(22-2)14(10-13)18(20)19-11-12-5-7-16(23-3)17(9-12)24-4/h5-10H,11H2,1-4H3,(H,19,20). The fourth-order valence-corrected chi connectivity index (χ4v) is 2.26. The van der Waals surface area contributed by atoms with Crippen LogP contribution < -0.4 is 24.3 Å². The van der Waals surface area contributed by atoms with E-state index < -0.39 is 0 Å². The molecule has 0 saturated heterocycles. The molecule has 0 heterocycles. The molecule has 0 aliphatic carbocycles. The second-order valence-electron chi connectivity index (χ2n) is 4.94. The van der Waals surface area contributed by atoms with Gasteiger partial charge in [0.15, 0.2) is 11.5 Å². The summed E-state index contributed by atoms with van der Waals surface area (Å²) in [5.41, 5.74) is 1.31. The quantitative estimate of drug-likeness (QED) is 0.845. The smallest absolute Gasteiger partial charge is 0.255 e. The van der Waals surface area contributed by atoms with E-state index in [2.05, 4.69) is 5.32 Å². The highest BCUT2D eigenvalue weighted by Crippen LogP contribution is 2.28. The number of carbonyl (C=O) groups is 1. The van der Waals surface area contributed by atoms with Crippen LogP contribution in [0.15, 0.2) is 36.4 Å². The second-order valence-corrected chi connectivity index (χ2v) is 4.94. The van der Waals surface area contributed by atoms with Gasteiger partial charge >= 0.3 is 0 Å². The Balaban J connectivity index is 2.13. The first-order valence-corrected chi connectivity index (χ1v) is 7.34. The monoisotopic (exact) mass is 331 g/mol. The van der Waals surface area contributed by atoms with E-state index >= 15 is 0 Å². The molecule has 0 radical (unpaired) electrons. The van der Waals surface area contributed by atoms with Gasteiger partial charge in [-0.25, -0.2) is 0 Å². The molecular weight excluding hydrogens is 310 g/mol. The topological polar surface area (TPSA) is 66.0 Å². The summed E-state index contributed by atoms with van der Waals surface area (Å²) in [6.07, 6.45) is 0. The third-order valence-corrected chi connectivity index (χ3v) is 3.55. The van der Waals surface area contributed by atoms with Crippen molar-refractivity contribution in [3.8, 4) is 23.0 Å². The van der Waals surface area contributed by atoms with Crippen molar-refractivity contribution >= 4 is 5.91 Å². The fourth-order valence-electron chi connectivity index (χ4n) is 2.26. The summed E-state index contributed by atoms with van der Waals surface area (Å²) < 4.78 is 20.8. The number of benzene rings is 2. The van der Waals surface area contributed by atoms with Gasteiger partial charge in [-0.15, -0.1) is 0 Å². The maximum absolute atomic E-state index is 12.4. The molecule has 2 aromatic carbocycles. The highest BCUT2D eigenvalue weighted by Gasteiger charge is 2.14. The Labute approximate surface area is 141 Å². The van der Waals surface area contributed by atoms with Crippen molar-refractivity contribution in [2.75, 3.05) is 28.4 Å². The number of hydrogen-bond acceptors (Lipinski definition) is 5. The Morgan fingerprint density at radius 1 is 0.833 bits per heavy atom. The van der Waals surface area contributed by atoms with Gasteiger partial charge in [0.1, 0.15) is 11.5 Å². The molecule has 0 unspecified atom stereocenters. The number of carbonyl (C=O) groups excluding carboxylic acids is 1. The Morgan fingerprint density at radius 3 is 2.12 bits per heavy atom. The minimum Gasteiger partial charge on any atom is -0.497 e. The lowest BCUT2D eigenvalue weighted by atomic mass is 10.1. The Morgan fingerprint density at radius 2 is 1.50 bits per heavy atom. The average Bonchev–Trinajstić information content (AvgIpc) is 2.65. The average molecular weight is 331 g/mol. The zero-order valence-corrected chi connectivity index (χ0v) is 14.2. The van der Waals surface area contributed by atoms with Gasteiger partial charge in [-0.2, -0.15) is 0 Å². The SMILES string of the molecule is COc1ccc(OC)c(C(=O)NCc2ccc(OC)c(OC)c2)c1. The fraction of sp³-hybridized carbons (Fsp3) is 0.278. The Hall–Kier alpha value is -2.89. The Bertz CT molecular complexity index is 715. The van der Waals surface area contributed by atoms with Gasteiger partial charge in [0, 0.05) is 6.54 Å². The van der Waals surface area contributed by atoms with Gasteiger partial charge < -0.3 is 24.3 Å². The highest BCUT2D eigenvalue weighted by molar-refractivity contribution is 5.97. The second kappa shape index (κ2) is 8.10. The molecule has 0 saturated carbocycles. The number of ether oxygens (including phenoxy) is 4. The van der Waals surface area contributed by atoms with Crippen LogP contribution in [-0.4, -0.2) is 34.3 Å². The zero-order valence-electron chi connectivity index (χ0n) is 14.2. The molecule has 0 aliphatic rings. The summed E-state index contributed by atoms with van der Waals surface area (Å²) in [5, 5.41) is 2.86. The van der Waals surface area contributed by atoms with E-state index in [1.807, 2.05) is 12.1 Å². The number of nitrogens with one attached hydrogen (secondary N) is 1. The molecule has 6 nitrogen and oxygen atoms in total. The normalized spacial score (nSPS) is 10.0. The molecular formula is C18H21NO5. The molecule has 0 spiro atoms. The lowest BCUT2D eigenvalue weighted by molar-refractivity contribution is 0.0947. The third-order valence-electron chi connectivity index (χ3n) is 3.55. The summed E-state index contributed by atoms with van der Waals surface area (Å²) in [6.45, 7) is 0.347. The summed E-state index contributed by atoms with van der Waals surface area (Å²) in [5.74, 6) is 2.08. The van der Waals surface area contributed by atoms with E-state index in [1.54, 1.807) is 45.6 Å². The minimum absolute atomic E-state index is 0.250. The van der Waals surface area contributed by atoms with Gasteiger partial charge in [0.05, 0.1) is 34.0 Å². The van der Waals surface area contributed by atoms with Crippen molar-refractivity contribution in [2.45, 2.75) is 6.54 Å². The van der Waals surface area contributed by atoms with E-state index in [4.69, 9.17) is 18.9 Å². The first-order valence-electron chi connectivity index (χ1n) is 7.34. The summed E-state index contributed by atoms with van der Waals surface area (Å²) in [7, 11) is 6.22. The van der Waals surface area contributed by atoms with Crippen LogP contribution in [0, 0.1) is 0 Å². The summed E-state index contributed by atoms with van der Waals surface area (Å²) in [4.78, 5) is 12.4. The largest absolute Gasteiger partial charge is 0.497 e. The van der Waals surface area contributed by atoms with Gasteiger partial charge in [-0.3, -0.25) is 4.79 Å². The van der Waals surface area contributed by atoms with Gasteiger partial charge in [0.2, 0.25) is 0 Å². The molecule has 0 aromatic heterocycles. The molecule has 2 rings (SSSR count). The van der Waals surface area contributed by atoms with E-state index in [1.165, 1.54) is 7.11 Å². The van der Waals surface area contributed by atoms with Crippen molar-refractivity contribution in [1.82, 2.24) is 5.32 Å². The first kappa shape index (κ1) is 17.5. The van der Waals surface area contributed by atoms with Gasteiger partial charge in [-0.1, -0.05) is 6.07 Å². The lowest BCUT2D eigenvalue weighted by Gasteiger charge is -2.12. The summed E-state index contributed by atoms with van der Waals surface area (Å²) in [6, 6.07) is 10.6. The molecule has 6 heteroatoms. The van der Waals surface area contributed by atoms with Crippen molar-refractivity contribution in [1.29, 1.82) is 0 Å². The number of hydrogen-bond donors (Lipinski definition) is 1. The zero-order chi connectivity index (χ0) is 17.5. The van der Waals surface area contributed by atoms with E-state index in [0.29, 0.717) is 35.1 Å². The predicted octanol–water partition coefficient (Wildman–Crippen LogP) is 2.65. The van der Waals surface area contributed by atoms with Crippen LogP contribution in [0.3, 0.4) is 0 Å². The highest BCUT2D eigenvalue weighted by atomic mass is 16.5. The van der Waals surface area contributed by atoms with Crippen LogP contribution in [0.4, 0.5) is 0 Å². The molecule has 0 bridgehead atoms. The van der Waals surface area contributed by atoms with Gasteiger partial charge in [0.25, 0.3) is 5.91 Å². The van der Waals surface area contributed by atoms with Crippen LogP contribution in [0.1, 0.15) is 15.9 Å². The molecule has 2 aromatic rings. The third kappa shape index (κ3) is 3.90. The van der Waals surface area contributed by atoms with E-state index in [-0.39, 0.29) is 5.91 Å². The van der Waals surface area contributed by atoms with Crippen LogP contribution >= 0.6 is 0 Å². The number of methoxy groups -OCH3 is 4. The number of amides is 1. The maximum Gasteiger partial charge on any atom is 0.255 e. The molecule has 0 aliphatic heterocycles. The molecule has 0 atom stereocenters. The van der Waals surface area contributed by atoms with Crippen LogP contribution in [-0.2, 0) is 6.54 Å². The van der Waals surface area contributed by atoms with Crippen molar-refractivity contribution in [3.05, 3.63) is 47.5 Å². The van der Waals surface area contributed by atoms with Crippen molar-refractivity contribution in [2.24, 2.45) is 0 Å². The first-order chi connectivity index (χ1) is 11.6. The molecule has 0 fully saturated rings. The predicted molar refractivity (Wildman–Crippen MR) is 90.3 cm³/mol. The van der Waals surface area contributed by atoms with E-state index in [9.17, 15) is 4.79 Å². The maximum atomic E-state index is 12.4. The van der Waals surface area contributed by atoms with Crippen molar-refractivity contribution in [3.63, 3.8) is 0 Å². The van der Waals surface area contributed by atoms with E-state index in [0.717, 1.165) is 5.56 Å². The molecule has 128 valence electrons. The van der Waals surface area contributed by atoms with Crippen LogP contribution in [0.2, 0.25) is 0 Å². The number of rotatable bonds is 7. The van der Waals surface area contributed by atoms with Crippen molar-refractivity contribution < 1.29 is 23.7 Å². The molecule has 1 amide bonds. The molecule has 24 heavy (non-hydrogen) atoms. The van der Waals surface area contributed by atoms with Crippen LogP contribution in [0.25, 0.3) is 0 Å². The molecule has 1 N–H and O–H groups in total. The lowest BCUT2D eigenvalue weighted by Crippen LogP contribution is -2.23. The minimum atomic E-state index is -0.250. The Kier molecular flexibility index (Phi) is 5.89.